The van der Waals surface area contributed by atoms with Crippen molar-refractivity contribution in [2.24, 2.45) is 16.7 Å². The van der Waals surface area contributed by atoms with Crippen LogP contribution in [0, 0.1) is 16.7 Å². The van der Waals surface area contributed by atoms with Crippen molar-refractivity contribution in [2.75, 3.05) is 0 Å². The molecule has 0 aliphatic heterocycles. The number of rotatable bonds is 8. The van der Waals surface area contributed by atoms with E-state index in [0.717, 1.165) is 32.1 Å². The average Bonchev–Trinajstić information content (AvgIpc) is 2.59. The first-order valence-electron chi connectivity index (χ1n) is 9.95. The Kier molecular flexibility index (Phi) is 6.70. The van der Waals surface area contributed by atoms with Crippen molar-refractivity contribution < 1.29 is 19.8 Å². The molecule has 2 fully saturated rings. The summed E-state index contributed by atoms with van der Waals surface area (Å²) in [5.41, 5.74) is -2.08. The average molecular weight is 338 g/mol. The summed E-state index contributed by atoms with van der Waals surface area (Å²) in [6, 6.07) is 0. The molecule has 0 saturated heterocycles. The summed E-state index contributed by atoms with van der Waals surface area (Å²) < 4.78 is 0. The predicted octanol–water partition coefficient (Wildman–Crippen LogP) is 5.25. The van der Waals surface area contributed by atoms with Crippen molar-refractivity contribution in [3.05, 3.63) is 0 Å². The summed E-state index contributed by atoms with van der Waals surface area (Å²) in [4.78, 5) is 24.4. The zero-order valence-corrected chi connectivity index (χ0v) is 15.2. The molecule has 2 aliphatic carbocycles. The Bertz CT molecular complexity index is 429. The summed E-state index contributed by atoms with van der Waals surface area (Å²) in [5, 5.41) is 20.0. The molecule has 0 spiro atoms. The standard InChI is InChI=1S/C20H34O4/c1-2-3-4-6-9-16-10-14-20(15-11-16,18(23)24)19(17(21)22)12-7-5-8-13-19/h16H,2-15H2,1H3,(H,21,22)(H,23,24). The van der Waals surface area contributed by atoms with E-state index in [2.05, 4.69) is 6.92 Å². The summed E-state index contributed by atoms with van der Waals surface area (Å²) in [7, 11) is 0. The monoisotopic (exact) mass is 338 g/mol. The zero-order valence-electron chi connectivity index (χ0n) is 15.2. The number of carboxylic acid groups (broad SMARTS) is 2. The molecule has 2 N–H and O–H groups in total. The van der Waals surface area contributed by atoms with Crippen molar-refractivity contribution >= 4 is 11.9 Å². The zero-order chi connectivity index (χ0) is 17.6. The van der Waals surface area contributed by atoms with Crippen molar-refractivity contribution in [2.45, 2.75) is 96.8 Å². The van der Waals surface area contributed by atoms with Gasteiger partial charge in [-0.25, -0.2) is 0 Å². The van der Waals surface area contributed by atoms with Crippen LogP contribution >= 0.6 is 0 Å². The topological polar surface area (TPSA) is 74.6 Å². The lowest BCUT2D eigenvalue weighted by Crippen LogP contribution is -2.55. The van der Waals surface area contributed by atoms with Crippen LogP contribution in [0.4, 0.5) is 0 Å². The maximum absolute atomic E-state index is 12.2. The first-order chi connectivity index (χ1) is 11.5. The van der Waals surface area contributed by atoms with Crippen molar-refractivity contribution in [3.63, 3.8) is 0 Å². The van der Waals surface area contributed by atoms with E-state index < -0.39 is 22.8 Å². The summed E-state index contributed by atoms with van der Waals surface area (Å²) in [6.45, 7) is 2.21. The summed E-state index contributed by atoms with van der Waals surface area (Å²) in [5.74, 6) is -1.15. The maximum atomic E-state index is 12.2. The maximum Gasteiger partial charge on any atom is 0.310 e. The van der Waals surface area contributed by atoms with Gasteiger partial charge in [-0.2, -0.15) is 0 Å². The molecule has 2 saturated carbocycles. The van der Waals surface area contributed by atoms with Gasteiger partial charge in [0.2, 0.25) is 0 Å². The fraction of sp³-hybridized carbons (Fsp3) is 0.900. The van der Waals surface area contributed by atoms with Crippen LogP contribution in [-0.2, 0) is 9.59 Å². The fourth-order valence-electron chi connectivity index (χ4n) is 5.27. The highest BCUT2D eigenvalue weighted by Crippen LogP contribution is 2.58. The van der Waals surface area contributed by atoms with Crippen LogP contribution in [0.25, 0.3) is 0 Å². The van der Waals surface area contributed by atoms with E-state index in [-0.39, 0.29) is 0 Å². The fourth-order valence-corrected chi connectivity index (χ4v) is 5.27. The van der Waals surface area contributed by atoms with E-state index in [1.165, 1.54) is 32.1 Å². The second-order valence-electron chi connectivity index (χ2n) is 8.13. The molecule has 4 heteroatoms. The van der Waals surface area contributed by atoms with E-state index in [9.17, 15) is 19.8 Å². The Balaban J connectivity index is 2.07. The Hall–Kier alpha value is -1.06. The molecule has 4 nitrogen and oxygen atoms in total. The SMILES string of the molecule is CCCCCCC1CCC(C(=O)O)(C2(C(=O)O)CCCCC2)CC1. The van der Waals surface area contributed by atoms with Crippen LogP contribution < -0.4 is 0 Å². The highest BCUT2D eigenvalue weighted by atomic mass is 16.4. The molecule has 0 radical (unpaired) electrons. The minimum Gasteiger partial charge on any atom is -0.481 e. The number of hydrogen-bond acceptors (Lipinski definition) is 2. The third-order valence-electron chi connectivity index (χ3n) is 6.87. The lowest BCUT2D eigenvalue weighted by molar-refractivity contribution is -0.183. The Morgan fingerprint density at radius 3 is 1.88 bits per heavy atom. The van der Waals surface area contributed by atoms with Gasteiger partial charge >= 0.3 is 11.9 Å². The lowest BCUT2D eigenvalue weighted by atomic mass is 9.51. The molecule has 138 valence electrons. The van der Waals surface area contributed by atoms with Gasteiger partial charge in [-0.3, -0.25) is 9.59 Å². The van der Waals surface area contributed by atoms with Crippen LogP contribution in [0.15, 0.2) is 0 Å². The highest BCUT2D eigenvalue weighted by molar-refractivity contribution is 5.87. The second kappa shape index (κ2) is 8.35. The normalized spacial score (nSPS) is 30.0. The number of carbonyl (C=O) groups is 2. The molecule has 0 heterocycles. The van der Waals surface area contributed by atoms with Crippen molar-refractivity contribution in [3.8, 4) is 0 Å². The molecule has 24 heavy (non-hydrogen) atoms. The number of carboxylic acids is 2. The third kappa shape index (κ3) is 3.62. The van der Waals surface area contributed by atoms with Gasteiger partial charge in [0.1, 0.15) is 0 Å². The molecule has 0 aromatic rings. The van der Waals surface area contributed by atoms with Gasteiger partial charge in [0.05, 0.1) is 10.8 Å². The largest absolute Gasteiger partial charge is 0.481 e. The van der Waals surface area contributed by atoms with Gasteiger partial charge in [0.25, 0.3) is 0 Å². The third-order valence-corrected chi connectivity index (χ3v) is 6.87. The van der Waals surface area contributed by atoms with E-state index >= 15 is 0 Å². The second-order valence-corrected chi connectivity index (χ2v) is 8.13. The van der Waals surface area contributed by atoms with Crippen LogP contribution in [0.5, 0.6) is 0 Å². The van der Waals surface area contributed by atoms with Gasteiger partial charge in [-0.05, 0) is 44.4 Å². The van der Waals surface area contributed by atoms with E-state index in [1.54, 1.807) is 0 Å². The molecule has 0 aromatic carbocycles. The smallest absolute Gasteiger partial charge is 0.310 e. The highest BCUT2D eigenvalue weighted by Gasteiger charge is 2.61. The molecular formula is C20H34O4. The molecule has 2 aliphatic rings. The lowest BCUT2D eigenvalue weighted by Gasteiger charge is -2.50. The first-order valence-corrected chi connectivity index (χ1v) is 9.95. The molecule has 0 amide bonds. The van der Waals surface area contributed by atoms with Gasteiger partial charge < -0.3 is 10.2 Å². The first kappa shape index (κ1) is 19.3. The van der Waals surface area contributed by atoms with Gasteiger partial charge in [0, 0.05) is 0 Å². The van der Waals surface area contributed by atoms with E-state index in [1.807, 2.05) is 0 Å². The molecule has 2 rings (SSSR count). The van der Waals surface area contributed by atoms with Crippen LogP contribution in [0.2, 0.25) is 0 Å². The number of unbranched alkanes of at least 4 members (excludes halogenated alkanes) is 3. The molecular weight excluding hydrogens is 304 g/mol. The summed E-state index contributed by atoms with van der Waals surface area (Å²) in [6.07, 6.45) is 12.8. The number of hydrogen-bond donors (Lipinski definition) is 2. The van der Waals surface area contributed by atoms with Gasteiger partial charge in [-0.15, -0.1) is 0 Å². The van der Waals surface area contributed by atoms with Gasteiger partial charge in [0.15, 0.2) is 0 Å². The van der Waals surface area contributed by atoms with Crippen molar-refractivity contribution in [1.82, 2.24) is 0 Å². The predicted molar refractivity (Wildman–Crippen MR) is 93.9 cm³/mol. The van der Waals surface area contributed by atoms with Crippen LogP contribution in [0.3, 0.4) is 0 Å². The minimum absolute atomic E-state index is 0.538. The Morgan fingerprint density at radius 1 is 0.833 bits per heavy atom. The molecule has 0 unspecified atom stereocenters. The van der Waals surface area contributed by atoms with Crippen LogP contribution in [0.1, 0.15) is 96.8 Å². The quantitative estimate of drug-likeness (QED) is 0.592. The van der Waals surface area contributed by atoms with E-state index in [4.69, 9.17) is 0 Å². The van der Waals surface area contributed by atoms with E-state index in [0.29, 0.717) is 31.6 Å². The Labute approximate surface area is 146 Å². The van der Waals surface area contributed by atoms with Gasteiger partial charge in [-0.1, -0.05) is 58.3 Å². The molecule has 0 bridgehead atoms. The van der Waals surface area contributed by atoms with Crippen LogP contribution in [-0.4, -0.2) is 22.2 Å². The Morgan fingerprint density at radius 2 is 1.38 bits per heavy atom. The molecule has 0 atom stereocenters. The van der Waals surface area contributed by atoms with Crippen molar-refractivity contribution in [1.29, 1.82) is 0 Å². The number of aliphatic carboxylic acids is 2. The minimum atomic E-state index is -1.04. The molecule has 0 aromatic heterocycles. The summed E-state index contributed by atoms with van der Waals surface area (Å²) >= 11 is 0.